The second-order valence-electron chi connectivity index (χ2n) is 4.52. The van der Waals surface area contributed by atoms with E-state index in [2.05, 4.69) is 52.3 Å². The zero-order valence-electron chi connectivity index (χ0n) is 12.9. The summed E-state index contributed by atoms with van der Waals surface area (Å²) in [6.07, 6.45) is 1.91. The maximum Gasteiger partial charge on any atom is 0.316 e. The van der Waals surface area contributed by atoms with Crippen molar-refractivity contribution in [2.45, 2.75) is 31.0 Å². The molecule has 0 amide bonds. The number of anilines is 2. The molecule has 0 atom stereocenters. The summed E-state index contributed by atoms with van der Waals surface area (Å²) in [5.74, 6) is -0.0176. The predicted octanol–water partition coefficient (Wildman–Crippen LogP) is 3.67. The van der Waals surface area contributed by atoms with Gasteiger partial charge in [-0.2, -0.15) is 0 Å². The van der Waals surface area contributed by atoms with Gasteiger partial charge in [-0.15, -0.1) is 10.2 Å². The normalized spacial score (nSPS) is 10.5. The van der Waals surface area contributed by atoms with Crippen LogP contribution in [0.25, 0.3) is 0 Å². The lowest BCUT2D eigenvalue weighted by molar-refractivity contribution is -0.137. The topological polar surface area (TPSA) is 64.1 Å². The van der Waals surface area contributed by atoms with Crippen LogP contribution in [0.2, 0.25) is 0 Å². The number of carbonyl (C=O) groups excluding carboxylic acids is 1. The van der Waals surface area contributed by atoms with Crippen LogP contribution in [0, 0.1) is 0 Å². The van der Waals surface area contributed by atoms with Crippen molar-refractivity contribution in [3.8, 4) is 0 Å². The smallest absolute Gasteiger partial charge is 0.316 e. The molecule has 1 aromatic carbocycles. The molecule has 0 bridgehead atoms. The monoisotopic (exact) mass is 337 g/mol. The second kappa shape index (κ2) is 8.14. The van der Waals surface area contributed by atoms with E-state index in [1.807, 2.05) is 0 Å². The summed E-state index contributed by atoms with van der Waals surface area (Å²) < 4.78 is 5.37. The van der Waals surface area contributed by atoms with Crippen LogP contribution in [0.5, 0.6) is 0 Å². The Morgan fingerprint density at radius 3 is 2.55 bits per heavy atom. The molecule has 22 heavy (non-hydrogen) atoms. The molecular weight excluding hydrogens is 318 g/mol. The quantitative estimate of drug-likeness (QED) is 0.614. The van der Waals surface area contributed by atoms with Gasteiger partial charge in [-0.1, -0.05) is 55.1 Å². The fraction of sp³-hybridized carbons (Fsp3) is 0.400. The summed E-state index contributed by atoms with van der Waals surface area (Å²) in [5, 5.41) is 12.4. The lowest BCUT2D eigenvalue weighted by atomic mass is 10.0. The van der Waals surface area contributed by atoms with Crippen LogP contribution in [0.15, 0.2) is 22.5 Å². The van der Waals surface area contributed by atoms with E-state index in [0.29, 0.717) is 0 Å². The Balaban J connectivity index is 2.11. The van der Waals surface area contributed by atoms with Gasteiger partial charge >= 0.3 is 5.97 Å². The SMILES string of the molecule is CCc1cccc(CC)c1Nc1nnc(SCC(=O)OC)s1. The fourth-order valence-corrected chi connectivity index (χ4v) is 3.60. The van der Waals surface area contributed by atoms with Crippen molar-refractivity contribution in [1.29, 1.82) is 0 Å². The molecule has 7 heteroatoms. The van der Waals surface area contributed by atoms with E-state index in [1.54, 1.807) is 0 Å². The summed E-state index contributed by atoms with van der Waals surface area (Å²) in [7, 11) is 1.38. The summed E-state index contributed by atoms with van der Waals surface area (Å²) in [4.78, 5) is 11.1. The number of aromatic nitrogens is 2. The van der Waals surface area contributed by atoms with Crippen molar-refractivity contribution < 1.29 is 9.53 Å². The molecule has 0 unspecified atom stereocenters. The number of hydrogen-bond acceptors (Lipinski definition) is 7. The van der Waals surface area contributed by atoms with E-state index in [4.69, 9.17) is 0 Å². The van der Waals surface area contributed by atoms with E-state index in [9.17, 15) is 4.79 Å². The molecular formula is C15H19N3O2S2. The van der Waals surface area contributed by atoms with E-state index in [1.165, 1.54) is 41.3 Å². The van der Waals surface area contributed by atoms with Crippen molar-refractivity contribution in [2.75, 3.05) is 18.2 Å². The minimum Gasteiger partial charge on any atom is -0.468 e. The Morgan fingerprint density at radius 2 is 1.95 bits per heavy atom. The highest BCUT2D eigenvalue weighted by Crippen LogP contribution is 2.31. The van der Waals surface area contributed by atoms with Crippen LogP contribution in [0.3, 0.4) is 0 Å². The van der Waals surface area contributed by atoms with Crippen LogP contribution in [0.4, 0.5) is 10.8 Å². The number of thioether (sulfide) groups is 1. The van der Waals surface area contributed by atoms with Gasteiger partial charge in [-0.05, 0) is 24.0 Å². The van der Waals surface area contributed by atoms with Gasteiger partial charge in [0.15, 0.2) is 4.34 Å². The first-order valence-corrected chi connectivity index (χ1v) is 8.89. The van der Waals surface area contributed by atoms with E-state index < -0.39 is 0 Å². The molecule has 0 saturated carbocycles. The third-order valence-electron chi connectivity index (χ3n) is 3.18. The van der Waals surface area contributed by atoms with Gasteiger partial charge in [0.1, 0.15) is 0 Å². The van der Waals surface area contributed by atoms with Gasteiger partial charge in [0.2, 0.25) is 5.13 Å². The number of benzene rings is 1. The molecule has 0 spiro atoms. The first-order valence-electron chi connectivity index (χ1n) is 7.08. The minimum atomic E-state index is -0.265. The average molecular weight is 337 g/mol. The molecule has 0 saturated heterocycles. The predicted molar refractivity (Wildman–Crippen MR) is 91.1 cm³/mol. The number of esters is 1. The van der Waals surface area contributed by atoms with Crippen molar-refractivity contribution in [2.24, 2.45) is 0 Å². The number of nitrogens with zero attached hydrogens (tertiary/aromatic N) is 2. The number of methoxy groups -OCH3 is 1. The maximum absolute atomic E-state index is 11.1. The Labute approximate surface area is 138 Å². The fourth-order valence-electron chi connectivity index (χ4n) is 2.01. The van der Waals surface area contributed by atoms with Crippen LogP contribution in [-0.4, -0.2) is 29.0 Å². The Bertz CT molecular complexity index is 621. The van der Waals surface area contributed by atoms with E-state index in [0.717, 1.165) is 28.0 Å². The van der Waals surface area contributed by atoms with Gasteiger partial charge in [-0.3, -0.25) is 4.79 Å². The van der Waals surface area contributed by atoms with Crippen molar-refractivity contribution >= 4 is 39.9 Å². The number of ether oxygens (including phenoxy) is 1. The third kappa shape index (κ3) is 4.20. The Morgan fingerprint density at radius 1 is 1.27 bits per heavy atom. The van der Waals surface area contributed by atoms with Crippen LogP contribution < -0.4 is 5.32 Å². The highest BCUT2D eigenvalue weighted by molar-refractivity contribution is 8.01. The van der Waals surface area contributed by atoms with Gasteiger partial charge in [0.25, 0.3) is 0 Å². The lowest BCUT2D eigenvalue weighted by Crippen LogP contribution is -2.02. The molecule has 118 valence electrons. The number of carbonyl (C=O) groups is 1. The number of hydrogen-bond donors (Lipinski definition) is 1. The number of rotatable bonds is 7. The zero-order chi connectivity index (χ0) is 15.9. The Hall–Kier alpha value is -1.60. The molecule has 1 N–H and O–H groups in total. The van der Waals surface area contributed by atoms with E-state index >= 15 is 0 Å². The summed E-state index contributed by atoms with van der Waals surface area (Å²) >= 11 is 2.78. The summed E-state index contributed by atoms with van der Waals surface area (Å²) in [5.41, 5.74) is 3.64. The zero-order valence-corrected chi connectivity index (χ0v) is 14.5. The van der Waals surface area contributed by atoms with Crippen LogP contribution in [-0.2, 0) is 22.4 Å². The van der Waals surface area contributed by atoms with Gasteiger partial charge in [0.05, 0.1) is 12.9 Å². The van der Waals surface area contributed by atoms with Crippen molar-refractivity contribution in [3.05, 3.63) is 29.3 Å². The van der Waals surface area contributed by atoms with Gasteiger partial charge in [0, 0.05) is 5.69 Å². The summed E-state index contributed by atoms with van der Waals surface area (Å²) in [6.45, 7) is 4.27. The van der Waals surface area contributed by atoms with E-state index in [-0.39, 0.29) is 11.7 Å². The summed E-state index contributed by atoms with van der Waals surface area (Å²) in [6, 6.07) is 6.32. The molecule has 2 aromatic rings. The first kappa shape index (κ1) is 16.8. The number of para-hydroxylation sites is 1. The van der Waals surface area contributed by atoms with Gasteiger partial charge < -0.3 is 10.1 Å². The number of nitrogens with one attached hydrogen (secondary N) is 1. The van der Waals surface area contributed by atoms with Gasteiger partial charge in [-0.25, -0.2) is 0 Å². The molecule has 0 aliphatic carbocycles. The van der Waals surface area contributed by atoms with Crippen LogP contribution in [0.1, 0.15) is 25.0 Å². The third-order valence-corrected chi connectivity index (χ3v) is 5.12. The molecule has 5 nitrogen and oxygen atoms in total. The standard InChI is InChI=1S/C15H19N3O2S2/c1-4-10-7-6-8-11(5-2)13(10)16-14-17-18-15(22-14)21-9-12(19)20-3/h6-8H,4-5,9H2,1-3H3,(H,16,17). The maximum atomic E-state index is 11.1. The molecule has 2 rings (SSSR count). The minimum absolute atomic E-state index is 0.247. The highest BCUT2D eigenvalue weighted by Gasteiger charge is 2.11. The number of aryl methyl sites for hydroxylation is 2. The Kier molecular flexibility index (Phi) is 6.21. The molecule has 0 aliphatic heterocycles. The molecule has 0 fully saturated rings. The largest absolute Gasteiger partial charge is 0.468 e. The van der Waals surface area contributed by atoms with Crippen molar-refractivity contribution in [1.82, 2.24) is 10.2 Å². The average Bonchev–Trinajstić information content (AvgIpc) is 3.00. The molecule has 1 heterocycles. The lowest BCUT2D eigenvalue weighted by Gasteiger charge is -2.13. The van der Waals surface area contributed by atoms with Crippen LogP contribution >= 0.6 is 23.1 Å². The molecule has 0 aliphatic rings. The second-order valence-corrected chi connectivity index (χ2v) is 6.72. The first-order chi connectivity index (χ1) is 10.7. The highest BCUT2D eigenvalue weighted by atomic mass is 32.2. The van der Waals surface area contributed by atoms with Crippen molar-refractivity contribution in [3.63, 3.8) is 0 Å². The molecule has 1 aromatic heterocycles. The molecule has 0 radical (unpaired) electrons.